The highest BCUT2D eigenvalue weighted by Crippen LogP contribution is 2.33. The maximum absolute atomic E-state index is 6.26. The topological polar surface area (TPSA) is 35.2 Å². The van der Waals surface area contributed by atoms with Gasteiger partial charge in [-0.05, 0) is 43.5 Å². The molecular weight excluding hydrogens is 334 g/mol. The van der Waals surface area contributed by atoms with Crippen molar-refractivity contribution in [2.75, 3.05) is 0 Å². The van der Waals surface area contributed by atoms with Gasteiger partial charge in [0.2, 0.25) is 0 Å². The van der Waals surface area contributed by atoms with E-state index in [9.17, 15) is 0 Å². The minimum absolute atomic E-state index is 0.0585. The highest BCUT2D eigenvalue weighted by molar-refractivity contribution is 9.11. The third kappa shape index (κ3) is 2.67. The van der Waals surface area contributed by atoms with Crippen LogP contribution >= 0.6 is 31.9 Å². The Morgan fingerprint density at radius 1 is 1.38 bits per heavy atom. The number of nitrogens with two attached hydrogens (primary N) is 1. The first-order valence-corrected chi connectivity index (χ1v) is 7.02. The van der Waals surface area contributed by atoms with Crippen LogP contribution in [0.1, 0.15) is 31.4 Å². The number of ether oxygens (including phenoxy) is 1. The smallest absolute Gasteiger partial charge is 0.0772 e. The van der Waals surface area contributed by atoms with Gasteiger partial charge in [-0.2, -0.15) is 0 Å². The van der Waals surface area contributed by atoms with Crippen LogP contribution in [0.15, 0.2) is 27.1 Å². The molecule has 0 radical (unpaired) electrons. The summed E-state index contributed by atoms with van der Waals surface area (Å²) in [5.41, 5.74) is 7.36. The van der Waals surface area contributed by atoms with Gasteiger partial charge in [0.1, 0.15) is 0 Å². The second-order valence-corrected chi connectivity index (χ2v) is 6.02. The van der Waals surface area contributed by atoms with Crippen LogP contribution in [0, 0.1) is 0 Å². The normalized spacial score (nSPS) is 27.0. The van der Waals surface area contributed by atoms with Gasteiger partial charge >= 0.3 is 0 Å². The van der Waals surface area contributed by atoms with E-state index in [0.717, 1.165) is 27.4 Å². The lowest BCUT2D eigenvalue weighted by atomic mass is 10.0. The molecule has 3 unspecified atom stereocenters. The Morgan fingerprint density at radius 2 is 2.12 bits per heavy atom. The van der Waals surface area contributed by atoms with E-state index in [1.165, 1.54) is 0 Å². The van der Waals surface area contributed by atoms with Crippen molar-refractivity contribution in [2.24, 2.45) is 5.73 Å². The summed E-state index contributed by atoms with van der Waals surface area (Å²) < 4.78 is 7.91. The Kier molecular flexibility index (Phi) is 4.06. The Hall–Kier alpha value is 0.1000. The Morgan fingerprint density at radius 3 is 2.75 bits per heavy atom. The molecule has 0 saturated carbocycles. The molecule has 1 heterocycles. The molecule has 1 aromatic rings. The average molecular weight is 349 g/mol. The molecule has 1 fully saturated rings. The van der Waals surface area contributed by atoms with Crippen LogP contribution in [0.2, 0.25) is 0 Å². The zero-order valence-electron chi connectivity index (χ0n) is 9.12. The standard InChI is InChI=1S/C12H15Br2NO/c1-7-2-5-11(16-7)12(15)9-6-8(13)3-4-10(9)14/h3-4,6-7,11-12H,2,5,15H2,1H3. The summed E-state index contributed by atoms with van der Waals surface area (Å²) in [4.78, 5) is 0. The van der Waals surface area contributed by atoms with Crippen LogP contribution < -0.4 is 5.73 Å². The van der Waals surface area contributed by atoms with Crippen molar-refractivity contribution in [1.29, 1.82) is 0 Å². The highest BCUT2D eigenvalue weighted by atomic mass is 79.9. The predicted octanol–water partition coefficient (Wildman–Crippen LogP) is 3.78. The van der Waals surface area contributed by atoms with E-state index >= 15 is 0 Å². The number of hydrogen-bond acceptors (Lipinski definition) is 2. The third-order valence-corrected chi connectivity index (χ3v) is 4.20. The number of rotatable bonds is 2. The SMILES string of the molecule is CC1CCC(C(N)c2cc(Br)ccc2Br)O1. The van der Waals surface area contributed by atoms with Crippen molar-refractivity contribution in [3.8, 4) is 0 Å². The van der Waals surface area contributed by atoms with Gasteiger partial charge in [-0.1, -0.05) is 31.9 Å². The van der Waals surface area contributed by atoms with Crippen LogP contribution in [-0.2, 0) is 4.74 Å². The molecule has 4 heteroatoms. The lowest BCUT2D eigenvalue weighted by Crippen LogP contribution is -2.26. The van der Waals surface area contributed by atoms with E-state index in [4.69, 9.17) is 10.5 Å². The third-order valence-electron chi connectivity index (χ3n) is 2.98. The monoisotopic (exact) mass is 347 g/mol. The second-order valence-electron chi connectivity index (χ2n) is 4.25. The molecule has 1 aliphatic rings. The summed E-state index contributed by atoms with van der Waals surface area (Å²) in [6.07, 6.45) is 2.62. The van der Waals surface area contributed by atoms with Gasteiger partial charge in [0.05, 0.1) is 18.2 Å². The first-order chi connectivity index (χ1) is 7.58. The minimum Gasteiger partial charge on any atom is -0.373 e. The van der Waals surface area contributed by atoms with Gasteiger partial charge in [0.25, 0.3) is 0 Å². The molecule has 0 spiro atoms. The van der Waals surface area contributed by atoms with Crippen LogP contribution in [0.25, 0.3) is 0 Å². The summed E-state index contributed by atoms with van der Waals surface area (Å²) in [7, 11) is 0. The van der Waals surface area contributed by atoms with E-state index < -0.39 is 0 Å². The maximum atomic E-state index is 6.26. The van der Waals surface area contributed by atoms with Gasteiger partial charge in [0.15, 0.2) is 0 Å². The quantitative estimate of drug-likeness (QED) is 0.882. The molecular formula is C12H15Br2NO. The van der Waals surface area contributed by atoms with Crippen molar-refractivity contribution in [3.63, 3.8) is 0 Å². The van der Waals surface area contributed by atoms with Crippen molar-refractivity contribution in [2.45, 2.75) is 38.0 Å². The van der Waals surface area contributed by atoms with E-state index in [-0.39, 0.29) is 12.1 Å². The highest BCUT2D eigenvalue weighted by Gasteiger charge is 2.29. The Labute approximate surface area is 113 Å². The molecule has 2 N–H and O–H groups in total. The Bertz CT molecular complexity index is 383. The number of halogens is 2. The molecule has 0 amide bonds. The maximum Gasteiger partial charge on any atom is 0.0772 e. The molecule has 16 heavy (non-hydrogen) atoms. The molecule has 0 aliphatic carbocycles. The summed E-state index contributed by atoms with van der Waals surface area (Å²) in [6, 6.07) is 6.01. The lowest BCUT2D eigenvalue weighted by molar-refractivity contribution is 0.0400. The first-order valence-electron chi connectivity index (χ1n) is 5.44. The van der Waals surface area contributed by atoms with Gasteiger partial charge in [0, 0.05) is 8.95 Å². The van der Waals surface area contributed by atoms with Crippen LogP contribution in [0.4, 0.5) is 0 Å². The van der Waals surface area contributed by atoms with E-state index in [2.05, 4.69) is 44.8 Å². The fraction of sp³-hybridized carbons (Fsp3) is 0.500. The van der Waals surface area contributed by atoms with Crippen LogP contribution in [0.3, 0.4) is 0 Å². The summed E-state index contributed by atoms with van der Waals surface area (Å²) in [5, 5.41) is 0. The summed E-state index contributed by atoms with van der Waals surface area (Å²) in [6.45, 7) is 2.10. The summed E-state index contributed by atoms with van der Waals surface area (Å²) in [5.74, 6) is 0. The molecule has 2 rings (SSSR count). The molecule has 1 aliphatic heterocycles. The van der Waals surface area contributed by atoms with Gasteiger partial charge < -0.3 is 10.5 Å². The lowest BCUT2D eigenvalue weighted by Gasteiger charge is -2.21. The van der Waals surface area contributed by atoms with Gasteiger partial charge in [-0.15, -0.1) is 0 Å². The van der Waals surface area contributed by atoms with E-state index in [1.807, 2.05) is 12.1 Å². The van der Waals surface area contributed by atoms with Gasteiger partial charge in [-0.3, -0.25) is 0 Å². The molecule has 0 bridgehead atoms. The zero-order chi connectivity index (χ0) is 11.7. The first kappa shape index (κ1) is 12.6. The van der Waals surface area contributed by atoms with Crippen molar-refractivity contribution >= 4 is 31.9 Å². The average Bonchev–Trinajstić information content (AvgIpc) is 2.67. The zero-order valence-corrected chi connectivity index (χ0v) is 12.3. The molecule has 88 valence electrons. The second kappa shape index (κ2) is 5.17. The molecule has 2 nitrogen and oxygen atoms in total. The largest absolute Gasteiger partial charge is 0.373 e. The van der Waals surface area contributed by atoms with Crippen molar-refractivity contribution in [3.05, 3.63) is 32.7 Å². The molecule has 3 atom stereocenters. The molecule has 1 aromatic carbocycles. The summed E-state index contributed by atoms with van der Waals surface area (Å²) >= 11 is 7.00. The fourth-order valence-corrected chi connectivity index (χ4v) is 2.96. The fourth-order valence-electron chi connectivity index (χ4n) is 2.07. The molecule has 0 aromatic heterocycles. The van der Waals surface area contributed by atoms with Crippen LogP contribution in [-0.4, -0.2) is 12.2 Å². The minimum atomic E-state index is -0.0585. The number of hydrogen-bond donors (Lipinski definition) is 1. The van der Waals surface area contributed by atoms with E-state index in [0.29, 0.717) is 6.10 Å². The van der Waals surface area contributed by atoms with E-state index in [1.54, 1.807) is 0 Å². The van der Waals surface area contributed by atoms with Gasteiger partial charge in [-0.25, -0.2) is 0 Å². The van der Waals surface area contributed by atoms with Crippen molar-refractivity contribution < 1.29 is 4.74 Å². The number of benzene rings is 1. The molecule has 1 saturated heterocycles. The predicted molar refractivity (Wildman–Crippen MR) is 72.3 cm³/mol. The Balaban J connectivity index is 2.20. The van der Waals surface area contributed by atoms with Crippen molar-refractivity contribution in [1.82, 2.24) is 0 Å². The van der Waals surface area contributed by atoms with Crippen LogP contribution in [0.5, 0.6) is 0 Å².